The lowest BCUT2D eigenvalue weighted by molar-refractivity contribution is -0.121. The van der Waals surface area contributed by atoms with Crippen molar-refractivity contribution in [2.24, 2.45) is 10.9 Å². The van der Waals surface area contributed by atoms with Gasteiger partial charge in [0.1, 0.15) is 0 Å². The molecular weight excluding hydrogens is 242 g/mol. The lowest BCUT2D eigenvalue weighted by Gasteiger charge is -2.28. The highest BCUT2D eigenvalue weighted by molar-refractivity contribution is 5.93. The Hall–Kier alpha value is -2.04. The van der Waals surface area contributed by atoms with Crippen molar-refractivity contribution in [1.29, 1.82) is 0 Å². The minimum absolute atomic E-state index is 0.00672. The molecule has 1 aromatic rings. The Kier molecular flexibility index (Phi) is 4.92. The van der Waals surface area contributed by atoms with Crippen molar-refractivity contribution >= 4 is 11.7 Å². The summed E-state index contributed by atoms with van der Waals surface area (Å²) in [5.41, 5.74) is 6.87. The Labute approximate surface area is 113 Å². The zero-order valence-corrected chi connectivity index (χ0v) is 11.6. The van der Waals surface area contributed by atoms with Crippen LogP contribution in [0.2, 0.25) is 0 Å². The Morgan fingerprint density at radius 1 is 1.42 bits per heavy atom. The van der Waals surface area contributed by atoms with Gasteiger partial charge in [-0.25, -0.2) is 0 Å². The van der Waals surface area contributed by atoms with Crippen LogP contribution >= 0.6 is 0 Å². The predicted molar refractivity (Wildman–Crippen MR) is 75.1 cm³/mol. The monoisotopic (exact) mass is 263 g/mol. The number of nitrogens with two attached hydrogens (primary N) is 1. The molecule has 0 spiro atoms. The van der Waals surface area contributed by atoms with Crippen LogP contribution in [-0.4, -0.2) is 22.5 Å². The lowest BCUT2D eigenvalue weighted by atomic mass is 9.97. The minimum atomic E-state index is -0.823. The molecule has 0 aliphatic rings. The van der Waals surface area contributed by atoms with Crippen LogP contribution in [0.15, 0.2) is 29.4 Å². The molecule has 0 radical (unpaired) electrons. The molecule has 0 bridgehead atoms. The highest BCUT2D eigenvalue weighted by Gasteiger charge is 2.29. The first-order valence-corrected chi connectivity index (χ1v) is 6.26. The van der Waals surface area contributed by atoms with Crippen LogP contribution in [0.1, 0.15) is 31.4 Å². The molecule has 104 valence electrons. The van der Waals surface area contributed by atoms with Crippen molar-refractivity contribution in [3.05, 3.63) is 35.4 Å². The van der Waals surface area contributed by atoms with Gasteiger partial charge in [-0.1, -0.05) is 41.9 Å². The van der Waals surface area contributed by atoms with E-state index in [1.807, 2.05) is 38.1 Å². The third-order valence-electron chi connectivity index (χ3n) is 3.28. The number of hydrogen-bond acceptors (Lipinski definition) is 3. The van der Waals surface area contributed by atoms with Crippen LogP contribution in [0.25, 0.3) is 0 Å². The van der Waals surface area contributed by atoms with Crippen molar-refractivity contribution in [2.75, 3.05) is 0 Å². The number of benzene rings is 1. The third kappa shape index (κ3) is 3.98. The van der Waals surface area contributed by atoms with Crippen LogP contribution in [0.3, 0.4) is 0 Å². The van der Waals surface area contributed by atoms with Crippen molar-refractivity contribution < 1.29 is 10.0 Å². The molecular formula is C14H21N3O2. The molecule has 0 aliphatic carbocycles. The number of carbonyl (C=O) groups is 1. The topological polar surface area (TPSA) is 87.7 Å². The van der Waals surface area contributed by atoms with Gasteiger partial charge in [0.05, 0.1) is 12.0 Å². The lowest BCUT2D eigenvalue weighted by Crippen LogP contribution is -2.55. The quantitative estimate of drug-likeness (QED) is 0.326. The second-order valence-corrected chi connectivity index (χ2v) is 4.88. The molecule has 1 amide bonds. The maximum Gasteiger partial charge on any atom is 0.225 e. The number of rotatable bonds is 5. The molecule has 1 rings (SSSR count). The Morgan fingerprint density at radius 2 is 2.00 bits per heavy atom. The summed E-state index contributed by atoms with van der Waals surface area (Å²) < 4.78 is 0. The van der Waals surface area contributed by atoms with E-state index in [1.54, 1.807) is 6.92 Å². The fourth-order valence-corrected chi connectivity index (χ4v) is 1.69. The molecule has 19 heavy (non-hydrogen) atoms. The summed E-state index contributed by atoms with van der Waals surface area (Å²) in [6.07, 6.45) is 0.817. The van der Waals surface area contributed by atoms with Crippen LogP contribution < -0.4 is 11.1 Å². The number of oxime groups is 1. The molecule has 4 N–H and O–H groups in total. The van der Waals surface area contributed by atoms with Gasteiger partial charge in [-0.3, -0.25) is 4.79 Å². The highest BCUT2D eigenvalue weighted by atomic mass is 16.4. The van der Waals surface area contributed by atoms with E-state index in [0.717, 1.165) is 11.1 Å². The highest BCUT2D eigenvalue weighted by Crippen LogP contribution is 2.10. The van der Waals surface area contributed by atoms with Crippen molar-refractivity contribution in [3.63, 3.8) is 0 Å². The number of nitrogens with zero attached hydrogens (tertiary/aromatic N) is 1. The fraction of sp³-hybridized carbons (Fsp3) is 0.429. The van der Waals surface area contributed by atoms with Gasteiger partial charge < -0.3 is 16.3 Å². The Bertz CT molecular complexity index is 468. The summed E-state index contributed by atoms with van der Waals surface area (Å²) in [5.74, 6) is -0.146. The standard InChI is InChI=1S/C14H21N3O2/c1-4-14(3,13(15)17-19)16-12(18)9-11-7-5-10(2)6-8-11/h5-8,19H,4,9H2,1-3H3,(H2,15,17)(H,16,18). The van der Waals surface area contributed by atoms with Gasteiger partial charge in [0.15, 0.2) is 5.84 Å². The molecule has 0 aromatic heterocycles. The third-order valence-corrected chi connectivity index (χ3v) is 3.28. The number of nitrogens with one attached hydrogen (secondary N) is 1. The molecule has 0 fully saturated rings. The van der Waals surface area contributed by atoms with Crippen LogP contribution in [-0.2, 0) is 11.2 Å². The van der Waals surface area contributed by atoms with E-state index in [-0.39, 0.29) is 18.2 Å². The van der Waals surface area contributed by atoms with E-state index in [9.17, 15) is 4.79 Å². The molecule has 1 unspecified atom stereocenters. The number of aryl methyl sites for hydroxylation is 1. The second kappa shape index (κ2) is 6.22. The van der Waals surface area contributed by atoms with Gasteiger partial charge in [0.2, 0.25) is 5.91 Å². The smallest absolute Gasteiger partial charge is 0.225 e. The molecule has 5 nitrogen and oxygen atoms in total. The molecule has 0 heterocycles. The fourth-order valence-electron chi connectivity index (χ4n) is 1.69. The minimum Gasteiger partial charge on any atom is -0.409 e. The molecule has 0 aliphatic heterocycles. The average Bonchev–Trinajstić information content (AvgIpc) is 2.40. The van der Waals surface area contributed by atoms with Gasteiger partial charge >= 0.3 is 0 Å². The number of amidine groups is 1. The molecule has 0 saturated carbocycles. The zero-order valence-electron chi connectivity index (χ0n) is 11.6. The van der Waals surface area contributed by atoms with Crippen molar-refractivity contribution in [1.82, 2.24) is 5.32 Å². The summed E-state index contributed by atoms with van der Waals surface area (Å²) in [7, 11) is 0. The molecule has 1 atom stereocenters. The first-order valence-electron chi connectivity index (χ1n) is 6.26. The van der Waals surface area contributed by atoms with Crippen LogP contribution in [0.4, 0.5) is 0 Å². The Morgan fingerprint density at radius 3 is 2.47 bits per heavy atom. The van der Waals surface area contributed by atoms with E-state index in [4.69, 9.17) is 10.9 Å². The summed E-state index contributed by atoms with van der Waals surface area (Å²) in [6, 6.07) is 7.76. The van der Waals surface area contributed by atoms with Gasteiger partial charge in [0, 0.05) is 0 Å². The van der Waals surface area contributed by atoms with Crippen LogP contribution in [0, 0.1) is 6.92 Å². The summed E-state index contributed by atoms with van der Waals surface area (Å²) in [5, 5.41) is 14.5. The van der Waals surface area contributed by atoms with E-state index in [0.29, 0.717) is 6.42 Å². The first kappa shape index (κ1) is 15.0. The molecule has 0 saturated heterocycles. The summed E-state index contributed by atoms with van der Waals surface area (Å²) in [6.45, 7) is 5.59. The van der Waals surface area contributed by atoms with Gasteiger partial charge in [-0.2, -0.15) is 0 Å². The predicted octanol–water partition coefficient (Wildman–Crippen LogP) is 1.57. The van der Waals surface area contributed by atoms with Gasteiger partial charge in [0.25, 0.3) is 0 Å². The Balaban J connectivity index is 2.71. The van der Waals surface area contributed by atoms with Crippen molar-refractivity contribution in [3.8, 4) is 0 Å². The second-order valence-electron chi connectivity index (χ2n) is 4.88. The van der Waals surface area contributed by atoms with Crippen molar-refractivity contribution in [2.45, 2.75) is 39.2 Å². The molecule has 1 aromatic carbocycles. The van der Waals surface area contributed by atoms with E-state index < -0.39 is 5.54 Å². The maximum absolute atomic E-state index is 12.0. The summed E-state index contributed by atoms with van der Waals surface area (Å²) >= 11 is 0. The van der Waals surface area contributed by atoms with Crippen LogP contribution in [0.5, 0.6) is 0 Å². The average molecular weight is 263 g/mol. The van der Waals surface area contributed by atoms with E-state index in [2.05, 4.69) is 10.5 Å². The first-order chi connectivity index (χ1) is 8.91. The number of amides is 1. The zero-order chi connectivity index (χ0) is 14.5. The normalized spacial score (nSPS) is 14.8. The largest absolute Gasteiger partial charge is 0.409 e. The SMILES string of the molecule is CCC(C)(NC(=O)Cc1ccc(C)cc1)/C(N)=N/O. The number of hydrogen-bond donors (Lipinski definition) is 3. The van der Waals surface area contributed by atoms with E-state index >= 15 is 0 Å². The van der Waals surface area contributed by atoms with Gasteiger partial charge in [-0.05, 0) is 25.8 Å². The molecule has 5 heteroatoms. The maximum atomic E-state index is 12.0. The van der Waals surface area contributed by atoms with Gasteiger partial charge in [-0.15, -0.1) is 0 Å². The summed E-state index contributed by atoms with van der Waals surface area (Å²) in [4.78, 5) is 12.0. The van der Waals surface area contributed by atoms with E-state index in [1.165, 1.54) is 0 Å². The number of carbonyl (C=O) groups excluding carboxylic acids is 1.